The molecule has 3 N–H and O–H groups in total. The van der Waals surface area contributed by atoms with E-state index in [1.54, 1.807) is 0 Å². The van der Waals surface area contributed by atoms with Crippen molar-refractivity contribution < 1.29 is 8.95 Å². The number of nitrogens with zero attached hydrogens (tertiary/aromatic N) is 1. The first-order valence-electron chi connectivity index (χ1n) is 5.69. The summed E-state index contributed by atoms with van der Waals surface area (Å²) in [6.45, 7) is 13.7. The Morgan fingerprint density at radius 2 is 2.18 bits per heavy atom. The second-order valence-corrected chi connectivity index (χ2v) is 7.46. The molecule has 0 spiro atoms. The Morgan fingerprint density at radius 3 is 2.53 bits per heavy atom. The molecule has 0 aliphatic carbocycles. The summed E-state index contributed by atoms with van der Waals surface area (Å²) in [5.41, 5.74) is 5.31. The third-order valence-corrected chi connectivity index (χ3v) is 4.44. The third-order valence-electron chi connectivity index (χ3n) is 2.71. The standard InChI is InChI=1S/C11H21N3O2S/c1-10(2,3)17(15)14-11(7-16-8-11)6-5-9(12)13-4/h9,14H,5-8,12H2,1-3H3. The van der Waals surface area contributed by atoms with Crippen molar-refractivity contribution in [3.8, 4) is 0 Å². The van der Waals surface area contributed by atoms with Crippen molar-refractivity contribution in [2.24, 2.45) is 5.73 Å². The summed E-state index contributed by atoms with van der Waals surface area (Å²) >= 11 is 0. The molecule has 1 heterocycles. The fourth-order valence-electron chi connectivity index (χ4n) is 1.44. The first-order valence-corrected chi connectivity index (χ1v) is 6.84. The Morgan fingerprint density at radius 1 is 1.59 bits per heavy atom. The van der Waals surface area contributed by atoms with Gasteiger partial charge in [-0.1, -0.05) is 0 Å². The second kappa shape index (κ2) is 5.44. The van der Waals surface area contributed by atoms with Gasteiger partial charge >= 0.3 is 0 Å². The van der Waals surface area contributed by atoms with Gasteiger partial charge < -0.3 is 4.74 Å². The maximum atomic E-state index is 12.0. The molecular formula is C11H21N3O2S. The molecule has 5 nitrogen and oxygen atoms in total. The molecule has 17 heavy (non-hydrogen) atoms. The molecule has 0 saturated carbocycles. The SMILES string of the molecule is [C-]#[N+]C(N)CCC1(NS(=O)C(C)(C)C)COC1. The van der Waals surface area contributed by atoms with Crippen molar-refractivity contribution in [1.82, 2.24) is 4.72 Å². The van der Waals surface area contributed by atoms with Gasteiger partial charge in [0.15, 0.2) is 0 Å². The summed E-state index contributed by atoms with van der Waals surface area (Å²) in [7, 11) is -1.12. The van der Waals surface area contributed by atoms with Gasteiger partial charge in [-0.3, -0.25) is 10.6 Å². The number of nitrogens with one attached hydrogen (secondary N) is 1. The van der Waals surface area contributed by atoms with Crippen LogP contribution < -0.4 is 10.5 Å². The average molecular weight is 259 g/mol. The Kier molecular flexibility index (Phi) is 4.67. The fourth-order valence-corrected chi connectivity index (χ4v) is 2.36. The van der Waals surface area contributed by atoms with E-state index in [-0.39, 0.29) is 10.3 Å². The molecule has 0 aromatic rings. The molecule has 1 aliphatic rings. The Bertz CT molecular complexity index is 329. The van der Waals surface area contributed by atoms with Gasteiger partial charge in [0.2, 0.25) is 0 Å². The lowest BCUT2D eigenvalue weighted by Gasteiger charge is -2.43. The highest BCUT2D eigenvalue weighted by Gasteiger charge is 2.42. The Labute approximate surface area is 105 Å². The predicted octanol–water partition coefficient (Wildman–Crippen LogP) is 0.791. The molecule has 0 radical (unpaired) electrons. The van der Waals surface area contributed by atoms with E-state index in [0.29, 0.717) is 19.6 Å². The second-order valence-electron chi connectivity index (χ2n) is 5.49. The van der Waals surface area contributed by atoms with Crippen molar-refractivity contribution in [3.63, 3.8) is 0 Å². The molecule has 2 unspecified atom stereocenters. The summed E-state index contributed by atoms with van der Waals surface area (Å²) in [6, 6.07) is 0. The van der Waals surface area contributed by atoms with Crippen molar-refractivity contribution >= 4 is 11.0 Å². The number of nitrogens with two attached hydrogens (primary N) is 1. The largest absolute Gasteiger partial charge is 0.377 e. The Balaban J connectivity index is 2.53. The molecule has 2 atom stereocenters. The summed E-state index contributed by atoms with van der Waals surface area (Å²) in [5.74, 6) is 0. The van der Waals surface area contributed by atoms with Crippen LogP contribution in [0.15, 0.2) is 0 Å². The van der Waals surface area contributed by atoms with Crippen LogP contribution in [-0.4, -0.2) is 33.9 Å². The van der Waals surface area contributed by atoms with Crippen LogP contribution in [0.3, 0.4) is 0 Å². The molecule has 1 saturated heterocycles. The van der Waals surface area contributed by atoms with Gasteiger partial charge in [0.25, 0.3) is 6.17 Å². The van der Waals surface area contributed by atoms with Crippen molar-refractivity contribution in [1.29, 1.82) is 0 Å². The van der Waals surface area contributed by atoms with Gasteiger partial charge in [-0.15, -0.1) is 0 Å². The minimum Gasteiger partial charge on any atom is -0.377 e. The van der Waals surface area contributed by atoms with Gasteiger partial charge in [-0.25, -0.2) is 15.5 Å². The van der Waals surface area contributed by atoms with E-state index < -0.39 is 17.2 Å². The maximum Gasteiger partial charge on any atom is 0.274 e. The van der Waals surface area contributed by atoms with Crippen molar-refractivity contribution in [2.75, 3.05) is 13.2 Å². The Hall–Kier alpha value is -0.480. The van der Waals surface area contributed by atoms with Crippen LogP contribution >= 0.6 is 0 Å². The highest BCUT2D eigenvalue weighted by atomic mass is 32.2. The van der Waals surface area contributed by atoms with Gasteiger partial charge in [-0.2, -0.15) is 0 Å². The monoisotopic (exact) mass is 259 g/mol. The van der Waals surface area contributed by atoms with E-state index in [9.17, 15) is 4.21 Å². The van der Waals surface area contributed by atoms with Crippen molar-refractivity contribution in [3.05, 3.63) is 11.4 Å². The highest BCUT2D eigenvalue weighted by Crippen LogP contribution is 2.26. The molecule has 98 valence electrons. The maximum absolute atomic E-state index is 12.0. The van der Waals surface area contributed by atoms with Gasteiger partial charge in [0, 0.05) is 6.42 Å². The normalized spacial score (nSPS) is 22.3. The lowest BCUT2D eigenvalue weighted by Crippen LogP contribution is -2.62. The number of hydrogen-bond acceptors (Lipinski definition) is 3. The molecule has 1 fully saturated rings. The van der Waals surface area contributed by atoms with Crippen molar-refractivity contribution in [2.45, 2.75) is 50.1 Å². The molecule has 1 rings (SSSR count). The first-order chi connectivity index (χ1) is 7.79. The summed E-state index contributed by atoms with van der Waals surface area (Å²) < 4.78 is 20.1. The molecular weight excluding hydrogens is 238 g/mol. The number of rotatable bonds is 5. The van der Waals surface area contributed by atoms with Gasteiger partial charge in [-0.05, 0) is 27.2 Å². The van der Waals surface area contributed by atoms with Crippen LogP contribution in [0, 0.1) is 6.57 Å². The van der Waals surface area contributed by atoms with E-state index >= 15 is 0 Å². The number of ether oxygens (including phenoxy) is 1. The lowest BCUT2D eigenvalue weighted by molar-refractivity contribution is -0.0671. The zero-order valence-electron chi connectivity index (χ0n) is 10.7. The number of hydrogen-bond donors (Lipinski definition) is 2. The molecule has 0 bridgehead atoms. The van der Waals surface area contributed by atoms with E-state index in [2.05, 4.69) is 9.57 Å². The average Bonchev–Trinajstić information content (AvgIpc) is 2.19. The molecule has 0 amide bonds. The van der Waals surface area contributed by atoms with Gasteiger partial charge in [0.05, 0.1) is 34.5 Å². The fraction of sp³-hybridized carbons (Fsp3) is 0.909. The molecule has 1 aliphatic heterocycles. The van der Waals surface area contributed by atoms with Crippen LogP contribution in [0.4, 0.5) is 0 Å². The first kappa shape index (κ1) is 14.6. The minimum atomic E-state index is -1.12. The van der Waals surface area contributed by atoms with Crippen LogP contribution in [0.5, 0.6) is 0 Å². The summed E-state index contributed by atoms with van der Waals surface area (Å²) in [5, 5.41) is 0. The zero-order chi connectivity index (χ0) is 13.1. The van der Waals surface area contributed by atoms with Gasteiger partial charge in [0.1, 0.15) is 0 Å². The van der Waals surface area contributed by atoms with E-state index in [1.165, 1.54) is 0 Å². The summed E-state index contributed by atoms with van der Waals surface area (Å²) in [6.07, 6.45) is 0.844. The zero-order valence-corrected chi connectivity index (χ0v) is 11.5. The third kappa shape index (κ3) is 4.03. The van der Waals surface area contributed by atoms with Crippen LogP contribution in [-0.2, 0) is 15.7 Å². The van der Waals surface area contributed by atoms with E-state index in [4.69, 9.17) is 17.0 Å². The molecule has 0 aromatic carbocycles. The topological polar surface area (TPSA) is 68.7 Å². The van der Waals surface area contributed by atoms with Crippen LogP contribution in [0.2, 0.25) is 0 Å². The smallest absolute Gasteiger partial charge is 0.274 e. The quantitative estimate of drug-likeness (QED) is 0.717. The summed E-state index contributed by atoms with van der Waals surface area (Å²) in [4.78, 5) is 3.26. The molecule has 6 heteroatoms. The molecule has 0 aromatic heterocycles. The minimum absolute atomic E-state index is 0.263. The van der Waals surface area contributed by atoms with E-state index in [1.807, 2.05) is 20.8 Å². The van der Waals surface area contributed by atoms with Crippen LogP contribution in [0.1, 0.15) is 33.6 Å². The van der Waals surface area contributed by atoms with Crippen LogP contribution in [0.25, 0.3) is 4.85 Å². The highest BCUT2D eigenvalue weighted by molar-refractivity contribution is 7.84. The van der Waals surface area contributed by atoms with E-state index in [0.717, 1.165) is 6.42 Å². The predicted molar refractivity (Wildman–Crippen MR) is 68.4 cm³/mol. The lowest BCUT2D eigenvalue weighted by atomic mass is 9.92.